The van der Waals surface area contributed by atoms with Gasteiger partial charge in [-0.1, -0.05) is 18.2 Å². The van der Waals surface area contributed by atoms with Crippen LogP contribution in [0.5, 0.6) is 0 Å². The first kappa shape index (κ1) is 20.5. The zero-order valence-electron chi connectivity index (χ0n) is 17.2. The van der Waals surface area contributed by atoms with E-state index in [0.29, 0.717) is 34.7 Å². The molecule has 1 aromatic carbocycles. The molecular weight excluding hydrogens is 421 g/mol. The van der Waals surface area contributed by atoms with Crippen LogP contribution in [0.4, 0.5) is 13.2 Å². The molecule has 1 aliphatic rings. The van der Waals surface area contributed by atoms with Crippen LogP contribution in [0.3, 0.4) is 0 Å². The van der Waals surface area contributed by atoms with Crippen molar-refractivity contribution < 1.29 is 13.2 Å². The number of aryl methyl sites for hydroxylation is 2. The molecular formula is C23H23F3N4S. The lowest BCUT2D eigenvalue weighted by Gasteiger charge is -2.23. The third-order valence-corrected chi connectivity index (χ3v) is 6.93. The number of halogens is 3. The fourth-order valence-corrected chi connectivity index (χ4v) is 5.21. The fourth-order valence-electron chi connectivity index (χ4n) is 4.49. The highest BCUT2D eigenvalue weighted by Gasteiger charge is 2.37. The van der Waals surface area contributed by atoms with Crippen LogP contribution in [-0.4, -0.2) is 27.6 Å². The molecule has 4 aromatic rings. The van der Waals surface area contributed by atoms with Crippen molar-refractivity contribution in [3.63, 3.8) is 0 Å². The van der Waals surface area contributed by atoms with E-state index in [0.717, 1.165) is 42.8 Å². The second-order valence-corrected chi connectivity index (χ2v) is 9.17. The van der Waals surface area contributed by atoms with Crippen molar-refractivity contribution in [3.8, 4) is 10.7 Å². The summed E-state index contributed by atoms with van der Waals surface area (Å²) in [6, 6.07) is 9.34. The number of aromatic nitrogens is 3. The Balaban J connectivity index is 1.75. The minimum absolute atomic E-state index is 0.0578. The van der Waals surface area contributed by atoms with E-state index in [2.05, 4.69) is 15.3 Å². The highest BCUT2D eigenvalue weighted by molar-refractivity contribution is 7.13. The average Bonchev–Trinajstić information content (AvgIpc) is 3.39. The molecule has 31 heavy (non-hydrogen) atoms. The molecule has 0 amide bonds. The Bertz CT molecular complexity index is 1220. The first-order valence-corrected chi connectivity index (χ1v) is 11.4. The molecule has 5 rings (SSSR count). The van der Waals surface area contributed by atoms with E-state index >= 15 is 0 Å². The van der Waals surface area contributed by atoms with Gasteiger partial charge in [-0.25, -0.2) is 9.97 Å². The van der Waals surface area contributed by atoms with Gasteiger partial charge in [0.25, 0.3) is 0 Å². The van der Waals surface area contributed by atoms with Gasteiger partial charge >= 0.3 is 6.18 Å². The van der Waals surface area contributed by atoms with Crippen LogP contribution in [0.15, 0.2) is 35.7 Å². The van der Waals surface area contributed by atoms with E-state index in [-0.39, 0.29) is 5.52 Å². The second kappa shape index (κ2) is 7.91. The van der Waals surface area contributed by atoms with Gasteiger partial charge in [0.2, 0.25) is 0 Å². The maximum absolute atomic E-state index is 14.0. The summed E-state index contributed by atoms with van der Waals surface area (Å²) in [7, 11) is 0. The summed E-state index contributed by atoms with van der Waals surface area (Å²) >= 11 is 1.49. The van der Waals surface area contributed by atoms with Crippen molar-refractivity contribution in [2.24, 2.45) is 5.92 Å². The number of thiophene rings is 1. The number of nitrogens with one attached hydrogen (secondary N) is 1. The van der Waals surface area contributed by atoms with Crippen LogP contribution in [0, 0.1) is 12.8 Å². The van der Waals surface area contributed by atoms with Gasteiger partial charge in [-0.05, 0) is 68.3 Å². The number of benzene rings is 1. The monoisotopic (exact) mass is 444 g/mol. The summed E-state index contributed by atoms with van der Waals surface area (Å²) in [6.07, 6.45) is -1.47. The smallest absolute Gasteiger partial charge is 0.323 e. The first-order valence-electron chi connectivity index (χ1n) is 10.5. The fraction of sp³-hybridized carbons (Fsp3) is 0.391. The van der Waals surface area contributed by atoms with E-state index in [1.165, 1.54) is 11.3 Å². The van der Waals surface area contributed by atoms with Crippen LogP contribution in [-0.2, 0) is 12.7 Å². The average molecular weight is 445 g/mol. The van der Waals surface area contributed by atoms with Crippen molar-refractivity contribution in [2.75, 3.05) is 13.1 Å². The molecule has 0 unspecified atom stereocenters. The van der Waals surface area contributed by atoms with E-state index < -0.39 is 11.9 Å². The lowest BCUT2D eigenvalue weighted by Crippen LogP contribution is -2.28. The number of alkyl halides is 3. The Morgan fingerprint density at radius 1 is 1.16 bits per heavy atom. The Kier molecular flexibility index (Phi) is 5.22. The predicted octanol–water partition coefficient (Wildman–Crippen LogP) is 6.03. The van der Waals surface area contributed by atoms with E-state index in [9.17, 15) is 13.2 Å². The SMILES string of the molecule is Cc1ccc2c(c1)nc(C(F)(F)F)c1nc(-c3cccs3)n(CCC3CCNCC3)c12. The summed E-state index contributed by atoms with van der Waals surface area (Å²) in [4.78, 5) is 9.42. The summed E-state index contributed by atoms with van der Waals surface area (Å²) in [6.45, 7) is 4.50. The van der Waals surface area contributed by atoms with Crippen LogP contribution in [0.2, 0.25) is 0 Å². The van der Waals surface area contributed by atoms with Gasteiger partial charge in [0.15, 0.2) is 11.5 Å². The van der Waals surface area contributed by atoms with Crippen LogP contribution in [0.25, 0.3) is 32.6 Å². The Hall–Kier alpha value is -2.45. The molecule has 4 heterocycles. The Labute approximate surface area is 182 Å². The molecule has 1 fully saturated rings. The molecule has 0 spiro atoms. The third-order valence-electron chi connectivity index (χ3n) is 6.06. The number of hydrogen-bond donors (Lipinski definition) is 1. The van der Waals surface area contributed by atoms with Gasteiger partial charge < -0.3 is 9.88 Å². The van der Waals surface area contributed by atoms with Gasteiger partial charge in [0, 0.05) is 11.9 Å². The van der Waals surface area contributed by atoms with Crippen molar-refractivity contribution >= 4 is 33.3 Å². The van der Waals surface area contributed by atoms with Gasteiger partial charge in [-0.3, -0.25) is 0 Å². The maximum Gasteiger partial charge on any atom is 0.435 e. The summed E-state index contributed by atoms with van der Waals surface area (Å²) in [5.74, 6) is 1.16. The summed E-state index contributed by atoms with van der Waals surface area (Å²) in [5, 5.41) is 6.02. The molecule has 1 saturated heterocycles. The number of hydrogen-bond acceptors (Lipinski definition) is 4. The molecule has 0 saturated carbocycles. The first-order chi connectivity index (χ1) is 14.9. The quantitative estimate of drug-likeness (QED) is 0.418. The highest BCUT2D eigenvalue weighted by atomic mass is 32.1. The predicted molar refractivity (Wildman–Crippen MR) is 118 cm³/mol. The molecule has 1 aliphatic heterocycles. The minimum Gasteiger partial charge on any atom is -0.323 e. The lowest BCUT2D eigenvalue weighted by atomic mass is 9.94. The molecule has 0 bridgehead atoms. The topological polar surface area (TPSA) is 42.7 Å². The zero-order chi connectivity index (χ0) is 21.6. The van der Waals surface area contributed by atoms with E-state index in [1.807, 2.05) is 41.1 Å². The van der Waals surface area contributed by atoms with Crippen molar-refractivity contribution in [3.05, 3.63) is 47.0 Å². The lowest BCUT2D eigenvalue weighted by molar-refractivity contribution is -0.139. The van der Waals surface area contributed by atoms with Crippen LogP contribution in [0.1, 0.15) is 30.5 Å². The molecule has 3 aromatic heterocycles. The standard InChI is InChI=1S/C23H23F3N4S/c1-14-4-5-16-17(13-14)28-21(23(24,25)26)19-20(16)30(11-8-15-6-9-27-10-7-15)22(29-19)18-3-2-12-31-18/h2-5,12-13,15,27H,6-11H2,1H3. The number of nitrogens with zero attached hydrogens (tertiary/aromatic N) is 3. The Morgan fingerprint density at radius 3 is 2.68 bits per heavy atom. The molecule has 0 atom stereocenters. The number of rotatable bonds is 4. The molecule has 162 valence electrons. The number of fused-ring (bicyclic) bond motifs is 3. The molecule has 4 nitrogen and oxygen atoms in total. The van der Waals surface area contributed by atoms with E-state index in [1.54, 1.807) is 6.07 Å². The van der Waals surface area contributed by atoms with Gasteiger partial charge in [0.05, 0.1) is 15.9 Å². The normalized spacial score (nSPS) is 15.9. The highest BCUT2D eigenvalue weighted by Crippen LogP contribution is 2.39. The van der Waals surface area contributed by atoms with Crippen molar-refractivity contribution in [1.29, 1.82) is 0 Å². The van der Waals surface area contributed by atoms with Gasteiger partial charge in [-0.15, -0.1) is 11.3 Å². The molecule has 0 aliphatic carbocycles. The van der Waals surface area contributed by atoms with Gasteiger partial charge in [-0.2, -0.15) is 13.2 Å². The maximum atomic E-state index is 14.0. The summed E-state index contributed by atoms with van der Waals surface area (Å²) < 4.78 is 44.0. The van der Waals surface area contributed by atoms with Crippen molar-refractivity contribution in [2.45, 2.75) is 38.9 Å². The van der Waals surface area contributed by atoms with Crippen LogP contribution < -0.4 is 5.32 Å². The second-order valence-electron chi connectivity index (χ2n) is 8.22. The van der Waals surface area contributed by atoms with Crippen LogP contribution >= 0.6 is 11.3 Å². The summed E-state index contributed by atoms with van der Waals surface area (Å²) in [5.41, 5.74) is 0.818. The molecule has 1 N–H and O–H groups in total. The zero-order valence-corrected chi connectivity index (χ0v) is 18.0. The van der Waals surface area contributed by atoms with Gasteiger partial charge in [0.1, 0.15) is 5.52 Å². The van der Waals surface area contributed by atoms with Crippen molar-refractivity contribution in [1.82, 2.24) is 19.9 Å². The Morgan fingerprint density at radius 2 is 1.97 bits per heavy atom. The third kappa shape index (κ3) is 3.83. The molecule has 0 radical (unpaired) electrons. The number of imidazole rings is 1. The number of pyridine rings is 1. The number of piperidine rings is 1. The molecule has 8 heteroatoms. The largest absolute Gasteiger partial charge is 0.435 e. The minimum atomic E-state index is -4.57. The van der Waals surface area contributed by atoms with E-state index in [4.69, 9.17) is 0 Å².